The van der Waals surface area contributed by atoms with E-state index in [1.807, 2.05) is 0 Å². The predicted molar refractivity (Wildman–Crippen MR) is 53.7 cm³/mol. The molecular weight excluding hydrogens is 160 g/mol. The van der Waals surface area contributed by atoms with Gasteiger partial charge in [-0.3, -0.25) is 4.90 Å². The number of hydrogen-bond donors (Lipinski definition) is 1. The highest BCUT2D eigenvalue weighted by Gasteiger charge is 2.45. The molecule has 4 bridgehead atoms. The highest BCUT2D eigenvalue weighted by molar-refractivity contribution is 5.00. The molecule has 2 nitrogen and oxygen atoms in total. The first-order valence-corrected chi connectivity index (χ1v) is 5.79. The monoisotopic (exact) mass is 180 g/mol. The Labute approximate surface area is 80.7 Å². The molecule has 2 aliphatic heterocycles. The molecule has 1 aliphatic carbocycles. The molecule has 13 heavy (non-hydrogen) atoms. The van der Waals surface area contributed by atoms with Gasteiger partial charge in [-0.1, -0.05) is 0 Å². The first-order chi connectivity index (χ1) is 6.36. The van der Waals surface area contributed by atoms with Crippen LogP contribution in [0.1, 0.15) is 25.7 Å². The largest absolute Gasteiger partial charge is 0.315 e. The average molecular weight is 180 g/mol. The Balaban J connectivity index is 1.90. The minimum absolute atomic E-state index is 0.853. The Kier molecular flexibility index (Phi) is 1.88. The van der Waals surface area contributed by atoms with Crippen LogP contribution in [0.15, 0.2) is 0 Å². The smallest absolute Gasteiger partial charge is 0.0248 e. The molecule has 0 unspecified atom stereocenters. The topological polar surface area (TPSA) is 15.3 Å². The number of nitrogens with zero attached hydrogens (tertiary/aromatic N) is 1. The number of likely N-dealkylation sites (N-methyl/N-ethyl adjacent to an activating group) is 1. The second kappa shape index (κ2) is 2.96. The molecule has 3 rings (SSSR count). The van der Waals surface area contributed by atoms with Crippen LogP contribution in [0.25, 0.3) is 0 Å². The molecule has 0 radical (unpaired) electrons. The molecule has 0 amide bonds. The lowest BCUT2D eigenvalue weighted by Crippen LogP contribution is -2.50. The standard InChI is InChI=1S/C11H20N2/c1-13-10-4-5-12-7-11(13)9-3-2-8(10)6-9/h8-12H,2-7H2,1H3/t8-,9+,10+,11-/m0/s1. The Bertz CT molecular complexity index is 184. The van der Waals surface area contributed by atoms with E-state index in [9.17, 15) is 0 Å². The quantitative estimate of drug-likeness (QED) is 0.600. The molecule has 74 valence electrons. The van der Waals surface area contributed by atoms with Gasteiger partial charge in [0, 0.05) is 18.6 Å². The number of fused-ring (bicyclic) bond motifs is 6. The zero-order valence-electron chi connectivity index (χ0n) is 8.50. The Morgan fingerprint density at radius 2 is 1.85 bits per heavy atom. The van der Waals surface area contributed by atoms with Gasteiger partial charge < -0.3 is 5.32 Å². The van der Waals surface area contributed by atoms with Crippen molar-refractivity contribution in [1.29, 1.82) is 0 Å². The maximum absolute atomic E-state index is 3.59. The number of piperidine rings is 1. The van der Waals surface area contributed by atoms with E-state index in [2.05, 4.69) is 17.3 Å². The van der Waals surface area contributed by atoms with Gasteiger partial charge in [0.2, 0.25) is 0 Å². The molecule has 0 aromatic heterocycles. The summed E-state index contributed by atoms with van der Waals surface area (Å²) >= 11 is 0. The maximum atomic E-state index is 3.59. The van der Waals surface area contributed by atoms with Crippen LogP contribution in [0.4, 0.5) is 0 Å². The summed E-state index contributed by atoms with van der Waals surface area (Å²) in [6.45, 7) is 2.49. The first kappa shape index (κ1) is 8.25. The highest BCUT2D eigenvalue weighted by Crippen LogP contribution is 2.44. The van der Waals surface area contributed by atoms with Crippen molar-refractivity contribution in [2.45, 2.75) is 37.8 Å². The summed E-state index contributed by atoms with van der Waals surface area (Å²) in [6, 6.07) is 1.75. The number of nitrogens with one attached hydrogen (secondary N) is 1. The molecule has 1 saturated carbocycles. The lowest BCUT2D eigenvalue weighted by molar-refractivity contribution is 0.0667. The van der Waals surface area contributed by atoms with E-state index < -0.39 is 0 Å². The van der Waals surface area contributed by atoms with Gasteiger partial charge in [0.05, 0.1) is 0 Å². The van der Waals surface area contributed by atoms with E-state index in [0.29, 0.717) is 0 Å². The fraction of sp³-hybridized carbons (Fsp3) is 1.00. The van der Waals surface area contributed by atoms with Gasteiger partial charge in [-0.2, -0.15) is 0 Å². The Morgan fingerprint density at radius 1 is 1.08 bits per heavy atom. The first-order valence-electron chi connectivity index (χ1n) is 5.79. The maximum Gasteiger partial charge on any atom is 0.0248 e. The normalized spacial score (nSPS) is 50.5. The molecule has 1 N–H and O–H groups in total. The fourth-order valence-electron chi connectivity index (χ4n) is 3.91. The summed E-state index contributed by atoms with van der Waals surface area (Å²) in [5.41, 5.74) is 0. The van der Waals surface area contributed by atoms with Crippen molar-refractivity contribution in [3.8, 4) is 0 Å². The highest BCUT2D eigenvalue weighted by atomic mass is 15.2. The summed E-state index contributed by atoms with van der Waals surface area (Å²) in [4.78, 5) is 2.69. The van der Waals surface area contributed by atoms with Crippen molar-refractivity contribution in [2.75, 3.05) is 20.1 Å². The molecule has 2 heteroatoms. The molecule has 0 aromatic rings. The zero-order valence-corrected chi connectivity index (χ0v) is 8.50. The van der Waals surface area contributed by atoms with Crippen molar-refractivity contribution in [1.82, 2.24) is 10.2 Å². The van der Waals surface area contributed by atoms with Crippen LogP contribution in [0.2, 0.25) is 0 Å². The van der Waals surface area contributed by atoms with Crippen molar-refractivity contribution < 1.29 is 0 Å². The Hall–Kier alpha value is -0.0800. The van der Waals surface area contributed by atoms with Gasteiger partial charge in [-0.15, -0.1) is 0 Å². The van der Waals surface area contributed by atoms with Crippen LogP contribution in [0.3, 0.4) is 0 Å². The van der Waals surface area contributed by atoms with E-state index in [0.717, 1.165) is 23.9 Å². The molecule has 4 atom stereocenters. The minimum atomic E-state index is 0.853. The minimum Gasteiger partial charge on any atom is -0.315 e. The van der Waals surface area contributed by atoms with E-state index in [4.69, 9.17) is 0 Å². The van der Waals surface area contributed by atoms with E-state index in [1.165, 1.54) is 38.8 Å². The predicted octanol–water partition coefficient (Wildman–Crippen LogP) is 1.08. The zero-order chi connectivity index (χ0) is 8.84. The van der Waals surface area contributed by atoms with Crippen LogP contribution < -0.4 is 5.32 Å². The molecule has 2 saturated heterocycles. The van der Waals surface area contributed by atoms with Gasteiger partial charge in [-0.25, -0.2) is 0 Å². The molecule has 2 heterocycles. The summed E-state index contributed by atoms with van der Waals surface area (Å²) in [5.74, 6) is 2.04. The molecule has 0 spiro atoms. The Morgan fingerprint density at radius 3 is 2.69 bits per heavy atom. The van der Waals surface area contributed by atoms with Crippen LogP contribution in [0.5, 0.6) is 0 Å². The second-order valence-electron chi connectivity index (χ2n) is 5.13. The van der Waals surface area contributed by atoms with Crippen LogP contribution >= 0.6 is 0 Å². The third kappa shape index (κ3) is 1.15. The van der Waals surface area contributed by atoms with Crippen molar-refractivity contribution in [2.24, 2.45) is 11.8 Å². The lowest BCUT2D eigenvalue weighted by Gasteiger charge is -2.42. The second-order valence-corrected chi connectivity index (χ2v) is 5.13. The summed E-state index contributed by atoms with van der Waals surface area (Å²) < 4.78 is 0. The third-order valence-electron chi connectivity index (χ3n) is 4.62. The van der Waals surface area contributed by atoms with Crippen molar-refractivity contribution >= 4 is 0 Å². The van der Waals surface area contributed by atoms with E-state index >= 15 is 0 Å². The number of rotatable bonds is 0. The SMILES string of the molecule is CN1[C@@H]2CCNC[C@H]1[C@@H]1CC[C@H]2C1. The van der Waals surface area contributed by atoms with Crippen LogP contribution in [-0.4, -0.2) is 37.1 Å². The summed E-state index contributed by atoms with van der Waals surface area (Å²) in [7, 11) is 2.35. The van der Waals surface area contributed by atoms with Crippen molar-refractivity contribution in [3.63, 3.8) is 0 Å². The van der Waals surface area contributed by atoms with Gasteiger partial charge in [0.15, 0.2) is 0 Å². The van der Waals surface area contributed by atoms with Crippen LogP contribution in [-0.2, 0) is 0 Å². The molecular formula is C11H20N2. The van der Waals surface area contributed by atoms with Crippen molar-refractivity contribution in [3.05, 3.63) is 0 Å². The number of hydrogen-bond acceptors (Lipinski definition) is 2. The molecule has 3 aliphatic rings. The van der Waals surface area contributed by atoms with Gasteiger partial charge in [-0.05, 0) is 51.1 Å². The fourth-order valence-corrected chi connectivity index (χ4v) is 3.91. The van der Waals surface area contributed by atoms with Crippen LogP contribution in [0, 0.1) is 11.8 Å². The van der Waals surface area contributed by atoms with E-state index in [1.54, 1.807) is 0 Å². The summed E-state index contributed by atoms with van der Waals surface area (Å²) in [5, 5.41) is 3.59. The van der Waals surface area contributed by atoms with Gasteiger partial charge >= 0.3 is 0 Å². The van der Waals surface area contributed by atoms with E-state index in [-0.39, 0.29) is 0 Å². The lowest BCUT2D eigenvalue weighted by atomic mass is 9.85. The summed E-state index contributed by atoms with van der Waals surface area (Å²) in [6.07, 6.45) is 5.92. The van der Waals surface area contributed by atoms with Gasteiger partial charge in [0.25, 0.3) is 0 Å². The average Bonchev–Trinajstić information content (AvgIpc) is 2.51. The molecule has 0 aromatic carbocycles. The van der Waals surface area contributed by atoms with Gasteiger partial charge in [0.1, 0.15) is 0 Å². The molecule has 3 fully saturated rings. The third-order valence-corrected chi connectivity index (χ3v) is 4.62.